The van der Waals surface area contributed by atoms with Crippen molar-refractivity contribution in [2.24, 2.45) is 0 Å². The first-order valence-electron chi connectivity index (χ1n) is 4.43. The molecule has 0 unspecified atom stereocenters. The van der Waals surface area contributed by atoms with Crippen LogP contribution in [0.25, 0.3) is 0 Å². The number of Topliss-reactive ketones (excluding diaryl/α,β-unsaturated/α-hetero) is 1. The molecule has 0 aliphatic rings. The van der Waals surface area contributed by atoms with Crippen LogP contribution in [0.15, 0.2) is 18.2 Å². The number of hydrogen-bond donors (Lipinski definition) is 0. The van der Waals surface area contributed by atoms with Gasteiger partial charge < -0.3 is 4.74 Å². The van der Waals surface area contributed by atoms with Gasteiger partial charge in [-0.2, -0.15) is 0 Å². The van der Waals surface area contributed by atoms with Crippen LogP contribution < -0.4 is 0 Å². The summed E-state index contributed by atoms with van der Waals surface area (Å²) in [7, 11) is 0. The number of carbonyl (C=O) groups is 2. The summed E-state index contributed by atoms with van der Waals surface area (Å²) in [6.45, 7) is 2.55. The molecule has 0 saturated carbocycles. The van der Waals surface area contributed by atoms with Crippen LogP contribution in [0.1, 0.15) is 22.8 Å². The molecule has 1 rings (SSSR count). The Bertz CT molecular complexity index is 399. The van der Waals surface area contributed by atoms with Crippen molar-refractivity contribution >= 4 is 11.8 Å². The highest BCUT2D eigenvalue weighted by Gasteiger charge is 2.10. The van der Waals surface area contributed by atoms with Crippen LogP contribution in [0, 0.1) is 12.7 Å². The van der Waals surface area contributed by atoms with Gasteiger partial charge in [-0.3, -0.25) is 9.59 Å². The zero-order valence-electron chi connectivity index (χ0n) is 8.54. The topological polar surface area (TPSA) is 43.4 Å². The highest BCUT2D eigenvalue weighted by atomic mass is 19.1. The maximum Gasteiger partial charge on any atom is 0.303 e. The van der Waals surface area contributed by atoms with Crippen molar-refractivity contribution < 1.29 is 18.7 Å². The molecule has 0 fully saturated rings. The number of benzene rings is 1. The Hall–Kier alpha value is -1.71. The van der Waals surface area contributed by atoms with E-state index in [2.05, 4.69) is 4.74 Å². The summed E-state index contributed by atoms with van der Waals surface area (Å²) in [5.74, 6) is -1.23. The fourth-order valence-electron chi connectivity index (χ4n) is 1.18. The lowest BCUT2D eigenvalue weighted by molar-refractivity contribution is -0.139. The van der Waals surface area contributed by atoms with E-state index in [1.807, 2.05) is 0 Å². The van der Waals surface area contributed by atoms with E-state index in [1.165, 1.54) is 25.1 Å². The smallest absolute Gasteiger partial charge is 0.303 e. The van der Waals surface area contributed by atoms with Crippen molar-refractivity contribution in [3.05, 3.63) is 35.1 Å². The van der Waals surface area contributed by atoms with Crippen LogP contribution in [0.5, 0.6) is 0 Å². The van der Waals surface area contributed by atoms with Crippen LogP contribution in [0.3, 0.4) is 0 Å². The molecule has 1 aromatic rings. The number of carbonyl (C=O) groups excluding carboxylic acids is 2. The summed E-state index contributed by atoms with van der Waals surface area (Å²) in [5.41, 5.74) is 0.907. The highest BCUT2D eigenvalue weighted by molar-refractivity contribution is 5.99. The predicted molar refractivity (Wildman–Crippen MR) is 52.1 cm³/mol. The van der Waals surface area contributed by atoms with Gasteiger partial charge in [-0.05, 0) is 30.7 Å². The number of ketones is 1. The summed E-state index contributed by atoms with van der Waals surface area (Å²) in [5, 5.41) is 0. The van der Waals surface area contributed by atoms with Crippen LogP contribution >= 0.6 is 0 Å². The van der Waals surface area contributed by atoms with Gasteiger partial charge in [-0.1, -0.05) is 0 Å². The van der Waals surface area contributed by atoms with Crippen LogP contribution in [-0.4, -0.2) is 18.4 Å². The molecule has 0 bridgehead atoms. The Balaban J connectivity index is 2.78. The van der Waals surface area contributed by atoms with E-state index >= 15 is 0 Å². The van der Waals surface area contributed by atoms with E-state index in [1.54, 1.807) is 6.92 Å². The molecule has 0 spiro atoms. The molecule has 80 valence electrons. The molecule has 3 nitrogen and oxygen atoms in total. The average molecular weight is 210 g/mol. The number of rotatable bonds is 3. The minimum absolute atomic E-state index is 0.304. The number of hydrogen-bond acceptors (Lipinski definition) is 3. The van der Waals surface area contributed by atoms with Crippen molar-refractivity contribution in [3.8, 4) is 0 Å². The van der Waals surface area contributed by atoms with Crippen molar-refractivity contribution in [1.29, 1.82) is 0 Å². The van der Waals surface area contributed by atoms with E-state index in [0.717, 1.165) is 0 Å². The molecule has 1 aromatic carbocycles. The Morgan fingerprint density at radius 3 is 2.60 bits per heavy atom. The molecule has 0 amide bonds. The normalized spacial score (nSPS) is 9.80. The molecule has 0 aliphatic heterocycles. The Kier molecular flexibility index (Phi) is 3.55. The van der Waals surface area contributed by atoms with Crippen molar-refractivity contribution in [1.82, 2.24) is 0 Å². The van der Waals surface area contributed by atoms with Gasteiger partial charge in [-0.25, -0.2) is 4.39 Å². The summed E-state index contributed by atoms with van der Waals surface area (Å²) >= 11 is 0. The van der Waals surface area contributed by atoms with E-state index in [9.17, 15) is 14.0 Å². The summed E-state index contributed by atoms with van der Waals surface area (Å²) in [6, 6.07) is 3.85. The SMILES string of the molecule is CC(=O)OCC(=O)c1ccc(F)cc1C. The largest absolute Gasteiger partial charge is 0.457 e. The zero-order valence-corrected chi connectivity index (χ0v) is 8.54. The lowest BCUT2D eigenvalue weighted by atomic mass is 10.1. The number of esters is 1. The minimum atomic E-state index is -0.511. The first-order valence-corrected chi connectivity index (χ1v) is 4.43. The Morgan fingerprint density at radius 1 is 1.40 bits per heavy atom. The molecule has 0 saturated heterocycles. The van der Waals surface area contributed by atoms with Crippen molar-refractivity contribution in [3.63, 3.8) is 0 Å². The number of aryl methyl sites for hydroxylation is 1. The summed E-state index contributed by atoms with van der Waals surface area (Å²) < 4.78 is 17.3. The second-order valence-electron chi connectivity index (χ2n) is 3.16. The molecule has 15 heavy (non-hydrogen) atoms. The van der Waals surface area contributed by atoms with E-state index < -0.39 is 11.8 Å². The maximum atomic E-state index is 12.7. The van der Waals surface area contributed by atoms with Gasteiger partial charge in [0.05, 0.1) is 0 Å². The lowest BCUT2D eigenvalue weighted by Crippen LogP contribution is -2.13. The second kappa shape index (κ2) is 4.68. The predicted octanol–water partition coefficient (Wildman–Crippen LogP) is 1.88. The molecular formula is C11H11FO3. The molecule has 0 heterocycles. The standard InChI is InChI=1S/C11H11FO3/c1-7-5-9(12)3-4-10(7)11(14)6-15-8(2)13/h3-5H,6H2,1-2H3. The van der Waals surface area contributed by atoms with Crippen molar-refractivity contribution in [2.75, 3.05) is 6.61 Å². The van der Waals surface area contributed by atoms with E-state index in [0.29, 0.717) is 11.1 Å². The molecule has 0 N–H and O–H groups in total. The van der Waals surface area contributed by atoms with Gasteiger partial charge in [0, 0.05) is 12.5 Å². The molecule has 0 aliphatic carbocycles. The third-order valence-electron chi connectivity index (χ3n) is 1.90. The highest BCUT2D eigenvalue weighted by Crippen LogP contribution is 2.10. The number of ether oxygens (including phenoxy) is 1. The minimum Gasteiger partial charge on any atom is -0.457 e. The maximum absolute atomic E-state index is 12.7. The number of halogens is 1. The van der Waals surface area contributed by atoms with Gasteiger partial charge >= 0.3 is 5.97 Å². The average Bonchev–Trinajstić information content (AvgIpc) is 2.14. The second-order valence-corrected chi connectivity index (χ2v) is 3.16. The fraction of sp³-hybridized carbons (Fsp3) is 0.273. The molecule has 4 heteroatoms. The summed E-state index contributed by atoms with van der Waals surface area (Å²) in [4.78, 5) is 22.0. The van der Waals surface area contributed by atoms with Gasteiger partial charge in [0.1, 0.15) is 5.82 Å². The molecule has 0 aromatic heterocycles. The van der Waals surface area contributed by atoms with Gasteiger partial charge in [-0.15, -0.1) is 0 Å². The lowest BCUT2D eigenvalue weighted by Gasteiger charge is -2.04. The van der Waals surface area contributed by atoms with Gasteiger partial charge in [0.15, 0.2) is 6.61 Å². The van der Waals surface area contributed by atoms with E-state index in [-0.39, 0.29) is 12.4 Å². The monoisotopic (exact) mass is 210 g/mol. The van der Waals surface area contributed by atoms with Crippen LogP contribution in [0.2, 0.25) is 0 Å². The third kappa shape index (κ3) is 3.16. The molecule has 0 radical (unpaired) electrons. The quantitative estimate of drug-likeness (QED) is 0.565. The first-order chi connectivity index (χ1) is 7.00. The third-order valence-corrected chi connectivity index (χ3v) is 1.90. The Labute approximate surface area is 86.9 Å². The first kappa shape index (κ1) is 11.4. The zero-order chi connectivity index (χ0) is 11.4. The van der Waals surface area contributed by atoms with Crippen LogP contribution in [-0.2, 0) is 9.53 Å². The van der Waals surface area contributed by atoms with Crippen molar-refractivity contribution in [2.45, 2.75) is 13.8 Å². The summed E-state index contributed by atoms with van der Waals surface area (Å²) in [6.07, 6.45) is 0. The molecule has 0 atom stereocenters. The van der Waals surface area contributed by atoms with Gasteiger partial charge in [0.2, 0.25) is 5.78 Å². The van der Waals surface area contributed by atoms with E-state index in [4.69, 9.17) is 0 Å². The van der Waals surface area contributed by atoms with Crippen LogP contribution in [0.4, 0.5) is 4.39 Å². The molecular weight excluding hydrogens is 199 g/mol. The van der Waals surface area contributed by atoms with Gasteiger partial charge in [0.25, 0.3) is 0 Å². The Morgan fingerprint density at radius 2 is 2.07 bits per heavy atom. The fourth-order valence-corrected chi connectivity index (χ4v) is 1.18.